The van der Waals surface area contributed by atoms with E-state index in [2.05, 4.69) is 10.6 Å². The number of imide groups is 2. The zero-order valence-electron chi connectivity index (χ0n) is 10.7. The molecule has 6 heteroatoms. The molecule has 3 unspecified atom stereocenters. The summed E-state index contributed by atoms with van der Waals surface area (Å²) in [5.74, 6) is -0.655. The molecule has 4 amide bonds. The summed E-state index contributed by atoms with van der Waals surface area (Å²) in [5, 5.41) is 4.43. The van der Waals surface area contributed by atoms with Gasteiger partial charge in [-0.2, -0.15) is 0 Å². The van der Waals surface area contributed by atoms with Crippen molar-refractivity contribution in [3.05, 3.63) is 0 Å². The standard InChI is InChI=1S/C11H16N2O3.Na/c1-5-4-6(2)11(7(5)3)8(14)12-10(16)13-9(11)15;/h5-7H,4H2,1-3H3,(H2,12,13,14,15,16);/q;+1. The molecule has 1 saturated heterocycles. The predicted molar refractivity (Wildman–Crippen MR) is 56.2 cm³/mol. The summed E-state index contributed by atoms with van der Waals surface area (Å²) in [6.45, 7) is 5.84. The Morgan fingerprint density at radius 1 is 1.06 bits per heavy atom. The van der Waals surface area contributed by atoms with Crippen LogP contribution in [0.5, 0.6) is 0 Å². The molecule has 1 aliphatic heterocycles. The number of hydrogen-bond donors (Lipinski definition) is 2. The van der Waals surface area contributed by atoms with Gasteiger partial charge in [-0.25, -0.2) is 4.79 Å². The van der Waals surface area contributed by atoms with Crippen molar-refractivity contribution in [1.82, 2.24) is 10.6 Å². The molecular formula is C11H16N2NaO3+. The molecule has 0 aromatic rings. The Morgan fingerprint density at radius 2 is 1.53 bits per heavy atom. The normalized spacial score (nSPS) is 35.2. The van der Waals surface area contributed by atoms with Crippen molar-refractivity contribution in [2.24, 2.45) is 23.2 Å². The Morgan fingerprint density at radius 3 is 1.88 bits per heavy atom. The third kappa shape index (κ3) is 1.84. The molecule has 2 N–H and O–H groups in total. The third-order valence-corrected chi connectivity index (χ3v) is 4.28. The van der Waals surface area contributed by atoms with Gasteiger partial charge in [0.05, 0.1) is 0 Å². The fourth-order valence-electron chi connectivity index (χ4n) is 3.25. The molecule has 2 aliphatic rings. The monoisotopic (exact) mass is 247 g/mol. The van der Waals surface area contributed by atoms with E-state index >= 15 is 0 Å². The molecule has 88 valence electrons. The van der Waals surface area contributed by atoms with Crippen LogP contribution >= 0.6 is 0 Å². The van der Waals surface area contributed by atoms with Gasteiger partial charge in [0.25, 0.3) is 0 Å². The van der Waals surface area contributed by atoms with E-state index in [9.17, 15) is 14.4 Å². The van der Waals surface area contributed by atoms with Crippen LogP contribution in [0.15, 0.2) is 0 Å². The molecule has 2 rings (SSSR count). The summed E-state index contributed by atoms with van der Waals surface area (Å²) in [7, 11) is 0. The quantitative estimate of drug-likeness (QED) is 0.372. The first-order valence-corrected chi connectivity index (χ1v) is 5.57. The largest absolute Gasteiger partial charge is 1.00 e. The van der Waals surface area contributed by atoms with Gasteiger partial charge >= 0.3 is 35.6 Å². The van der Waals surface area contributed by atoms with Crippen molar-refractivity contribution < 1.29 is 43.9 Å². The van der Waals surface area contributed by atoms with E-state index in [1.54, 1.807) is 0 Å². The van der Waals surface area contributed by atoms with Crippen molar-refractivity contribution >= 4 is 17.8 Å². The molecule has 1 saturated carbocycles. The van der Waals surface area contributed by atoms with E-state index in [0.29, 0.717) is 5.92 Å². The summed E-state index contributed by atoms with van der Waals surface area (Å²) < 4.78 is 0. The summed E-state index contributed by atoms with van der Waals surface area (Å²) in [5.41, 5.74) is -1.06. The van der Waals surface area contributed by atoms with Crippen LogP contribution in [0.25, 0.3) is 0 Å². The van der Waals surface area contributed by atoms with Crippen LogP contribution in [0.2, 0.25) is 0 Å². The first-order valence-electron chi connectivity index (χ1n) is 5.57. The SMILES string of the molecule is CC1CC(C)C2(C(=O)NC(=O)NC2=O)C1C.[Na+]. The Labute approximate surface area is 122 Å². The topological polar surface area (TPSA) is 75.3 Å². The van der Waals surface area contributed by atoms with E-state index in [4.69, 9.17) is 0 Å². The maximum absolute atomic E-state index is 12.0. The minimum atomic E-state index is -1.06. The predicted octanol–water partition coefficient (Wildman–Crippen LogP) is -2.35. The number of carbonyl (C=O) groups excluding carboxylic acids is 3. The van der Waals surface area contributed by atoms with Gasteiger partial charge in [0, 0.05) is 0 Å². The van der Waals surface area contributed by atoms with E-state index in [0.717, 1.165) is 6.42 Å². The van der Waals surface area contributed by atoms with Gasteiger partial charge in [-0.3, -0.25) is 20.2 Å². The van der Waals surface area contributed by atoms with Crippen molar-refractivity contribution in [2.75, 3.05) is 0 Å². The minimum absolute atomic E-state index is 0. The van der Waals surface area contributed by atoms with Gasteiger partial charge in [-0.1, -0.05) is 20.8 Å². The number of rotatable bonds is 0. The molecule has 2 fully saturated rings. The number of barbiturate groups is 1. The third-order valence-electron chi connectivity index (χ3n) is 4.28. The van der Waals surface area contributed by atoms with Gasteiger partial charge in [-0.15, -0.1) is 0 Å². The minimum Gasteiger partial charge on any atom is -0.277 e. The molecule has 1 heterocycles. The summed E-state index contributed by atoms with van der Waals surface area (Å²) >= 11 is 0. The van der Waals surface area contributed by atoms with Crippen LogP contribution in [0, 0.1) is 23.2 Å². The van der Waals surface area contributed by atoms with E-state index < -0.39 is 23.3 Å². The maximum atomic E-state index is 12.0. The van der Waals surface area contributed by atoms with Crippen LogP contribution in [-0.4, -0.2) is 17.8 Å². The Balaban J connectivity index is 0.00000144. The number of nitrogens with one attached hydrogen (secondary N) is 2. The first kappa shape index (κ1) is 14.7. The van der Waals surface area contributed by atoms with Crippen LogP contribution in [0.1, 0.15) is 27.2 Å². The Bertz CT molecular complexity index is 363. The number of hydrogen-bond acceptors (Lipinski definition) is 3. The van der Waals surface area contributed by atoms with E-state index in [1.807, 2.05) is 20.8 Å². The maximum Gasteiger partial charge on any atom is 1.00 e. The average Bonchev–Trinajstić information content (AvgIpc) is 2.36. The van der Waals surface area contributed by atoms with Crippen molar-refractivity contribution in [2.45, 2.75) is 27.2 Å². The molecule has 0 aromatic heterocycles. The molecule has 5 nitrogen and oxygen atoms in total. The number of carbonyl (C=O) groups is 3. The summed E-state index contributed by atoms with van der Waals surface area (Å²) in [6, 6.07) is -0.709. The molecule has 0 bridgehead atoms. The van der Waals surface area contributed by atoms with Crippen LogP contribution < -0.4 is 40.2 Å². The van der Waals surface area contributed by atoms with Crippen LogP contribution in [0.3, 0.4) is 0 Å². The number of amides is 4. The molecular weight excluding hydrogens is 231 g/mol. The van der Waals surface area contributed by atoms with Gasteiger partial charge in [0.15, 0.2) is 0 Å². The molecule has 0 aromatic carbocycles. The van der Waals surface area contributed by atoms with Crippen LogP contribution in [-0.2, 0) is 9.59 Å². The smallest absolute Gasteiger partial charge is 0.277 e. The van der Waals surface area contributed by atoms with E-state index in [1.165, 1.54) is 0 Å². The van der Waals surface area contributed by atoms with Crippen molar-refractivity contribution in [1.29, 1.82) is 0 Å². The molecule has 1 aliphatic carbocycles. The summed E-state index contributed by atoms with van der Waals surface area (Å²) in [6.07, 6.45) is 0.830. The second kappa shape index (κ2) is 4.71. The Kier molecular flexibility index (Phi) is 4.06. The van der Waals surface area contributed by atoms with Crippen molar-refractivity contribution in [3.8, 4) is 0 Å². The fourth-order valence-corrected chi connectivity index (χ4v) is 3.25. The van der Waals surface area contributed by atoms with Crippen molar-refractivity contribution in [3.63, 3.8) is 0 Å². The zero-order valence-corrected chi connectivity index (χ0v) is 12.7. The number of urea groups is 1. The molecule has 0 radical (unpaired) electrons. The Hall–Kier alpha value is -0.390. The average molecular weight is 247 g/mol. The van der Waals surface area contributed by atoms with Crippen LogP contribution in [0.4, 0.5) is 4.79 Å². The van der Waals surface area contributed by atoms with Gasteiger partial charge < -0.3 is 0 Å². The second-order valence-electron chi connectivity index (χ2n) is 5.01. The molecule has 17 heavy (non-hydrogen) atoms. The van der Waals surface area contributed by atoms with Gasteiger partial charge in [0.1, 0.15) is 5.41 Å². The van der Waals surface area contributed by atoms with E-state index in [-0.39, 0.29) is 41.4 Å². The second-order valence-corrected chi connectivity index (χ2v) is 5.01. The van der Waals surface area contributed by atoms with Gasteiger partial charge in [0.2, 0.25) is 11.8 Å². The molecule has 3 atom stereocenters. The van der Waals surface area contributed by atoms with Gasteiger partial charge in [-0.05, 0) is 24.2 Å². The molecule has 1 spiro atoms. The fraction of sp³-hybridized carbons (Fsp3) is 0.727. The zero-order chi connectivity index (χ0) is 12.1. The summed E-state index contributed by atoms with van der Waals surface area (Å²) in [4.78, 5) is 35.1. The first-order chi connectivity index (χ1) is 7.40.